The highest BCUT2D eigenvalue weighted by Crippen LogP contribution is 2.30. The van der Waals surface area contributed by atoms with Crippen LogP contribution in [0.25, 0.3) is 0 Å². The van der Waals surface area contributed by atoms with Crippen LogP contribution in [0.15, 0.2) is 35.2 Å². The predicted molar refractivity (Wildman–Crippen MR) is 78.0 cm³/mol. The lowest BCUT2D eigenvalue weighted by molar-refractivity contribution is 0.583. The molecule has 3 N–H and O–H groups in total. The molecule has 112 valence electrons. The zero-order chi connectivity index (χ0) is 15.8. The fourth-order valence-corrected chi connectivity index (χ4v) is 3.17. The molecule has 0 aromatic heterocycles. The van der Waals surface area contributed by atoms with Crippen LogP contribution >= 0.6 is 23.2 Å². The fraction of sp³-hybridized carbons (Fsp3) is 0. The second-order valence-corrected chi connectivity index (χ2v) is 6.53. The van der Waals surface area contributed by atoms with Crippen molar-refractivity contribution in [3.63, 3.8) is 0 Å². The van der Waals surface area contributed by atoms with E-state index in [0.29, 0.717) is 6.07 Å². The predicted octanol–water partition coefficient (Wildman–Crippen LogP) is 3.65. The van der Waals surface area contributed by atoms with Crippen LogP contribution in [0.2, 0.25) is 10.0 Å². The van der Waals surface area contributed by atoms with E-state index in [0.717, 1.165) is 12.1 Å². The summed E-state index contributed by atoms with van der Waals surface area (Å²) in [6, 6.07) is 4.89. The summed E-state index contributed by atoms with van der Waals surface area (Å²) >= 11 is 11.4. The summed E-state index contributed by atoms with van der Waals surface area (Å²) < 4.78 is 52.7. The van der Waals surface area contributed by atoms with E-state index in [4.69, 9.17) is 28.9 Å². The number of halogens is 4. The standard InChI is InChI=1S/C12H8Cl2F2N2O2S/c13-8-5-7(1-2-11(8)17)21(19,20)18-12-9(14)3-6(15)4-10(12)16/h1-5,18H,17H2. The summed E-state index contributed by atoms with van der Waals surface area (Å²) in [4.78, 5) is -0.235. The van der Waals surface area contributed by atoms with Crippen molar-refractivity contribution >= 4 is 44.6 Å². The Hall–Kier alpha value is -1.57. The lowest BCUT2D eigenvalue weighted by Gasteiger charge is -2.11. The number of nitrogens with two attached hydrogens (primary N) is 1. The normalized spacial score (nSPS) is 11.4. The molecule has 2 rings (SSSR count). The van der Waals surface area contributed by atoms with E-state index in [1.807, 2.05) is 4.72 Å². The van der Waals surface area contributed by atoms with Crippen LogP contribution in [-0.2, 0) is 10.0 Å². The van der Waals surface area contributed by atoms with Gasteiger partial charge in [-0.3, -0.25) is 4.72 Å². The van der Waals surface area contributed by atoms with Crippen molar-refractivity contribution in [2.45, 2.75) is 4.90 Å². The molecule has 0 unspecified atom stereocenters. The summed E-state index contributed by atoms with van der Waals surface area (Å²) in [7, 11) is -4.15. The van der Waals surface area contributed by atoms with E-state index < -0.39 is 32.4 Å². The first-order valence-corrected chi connectivity index (χ1v) is 7.67. The topological polar surface area (TPSA) is 72.2 Å². The van der Waals surface area contributed by atoms with Gasteiger partial charge in [-0.1, -0.05) is 23.2 Å². The molecule has 0 aliphatic carbocycles. The van der Waals surface area contributed by atoms with Gasteiger partial charge in [0, 0.05) is 6.07 Å². The third-order valence-corrected chi connectivity index (χ3v) is 4.50. The number of hydrogen-bond donors (Lipinski definition) is 2. The average molecular weight is 353 g/mol. The van der Waals surface area contributed by atoms with Crippen molar-refractivity contribution in [1.82, 2.24) is 0 Å². The van der Waals surface area contributed by atoms with Crippen LogP contribution in [0.1, 0.15) is 0 Å². The Morgan fingerprint density at radius 2 is 1.71 bits per heavy atom. The molecule has 0 saturated carbocycles. The molecule has 0 saturated heterocycles. The number of nitrogen functional groups attached to an aromatic ring is 1. The first-order valence-electron chi connectivity index (χ1n) is 5.43. The molecule has 21 heavy (non-hydrogen) atoms. The van der Waals surface area contributed by atoms with Gasteiger partial charge >= 0.3 is 0 Å². The van der Waals surface area contributed by atoms with Crippen LogP contribution in [-0.4, -0.2) is 8.42 Å². The maximum Gasteiger partial charge on any atom is 0.262 e. The minimum absolute atomic E-state index is 0.0311. The van der Waals surface area contributed by atoms with Crippen molar-refractivity contribution in [2.75, 3.05) is 10.5 Å². The van der Waals surface area contributed by atoms with Gasteiger partial charge in [0.15, 0.2) is 5.82 Å². The molecule has 0 amide bonds. The third-order valence-electron chi connectivity index (χ3n) is 2.53. The molecule has 2 aromatic carbocycles. The van der Waals surface area contributed by atoms with Gasteiger partial charge in [0.2, 0.25) is 0 Å². The van der Waals surface area contributed by atoms with Crippen molar-refractivity contribution in [3.05, 3.63) is 52.0 Å². The Balaban J connectivity index is 2.44. The van der Waals surface area contributed by atoms with Crippen molar-refractivity contribution < 1.29 is 17.2 Å². The van der Waals surface area contributed by atoms with Gasteiger partial charge in [0.05, 0.1) is 20.6 Å². The Morgan fingerprint density at radius 3 is 2.29 bits per heavy atom. The van der Waals surface area contributed by atoms with Crippen molar-refractivity contribution in [3.8, 4) is 0 Å². The van der Waals surface area contributed by atoms with Crippen LogP contribution in [0.4, 0.5) is 20.2 Å². The van der Waals surface area contributed by atoms with Crippen molar-refractivity contribution in [2.24, 2.45) is 0 Å². The SMILES string of the molecule is Nc1ccc(S(=O)(=O)Nc2c(F)cc(F)cc2Cl)cc1Cl. The monoisotopic (exact) mass is 352 g/mol. The highest BCUT2D eigenvalue weighted by atomic mass is 35.5. The average Bonchev–Trinajstić information content (AvgIpc) is 2.37. The van der Waals surface area contributed by atoms with E-state index in [9.17, 15) is 17.2 Å². The Bertz CT molecular complexity index is 790. The Kier molecular flexibility index (Phi) is 4.27. The number of benzene rings is 2. The van der Waals surface area contributed by atoms with Crippen LogP contribution in [0, 0.1) is 11.6 Å². The molecule has 0 bridgehead atoms. The van der Waals surface area contributed by atoms with Gasteiger partial charge in [-0.2, -0.15) is 0 Å². The van der Waals surface area contributed by atoms with Crippen LogP contribution in [0.3, 0.4) is 0 Å². The molecule has 0 spiro atoms. The van der Waals surface area contributed by atoms with Gasteiger partial charge in [0.25, 0.3) is 10.0 Å². The number of anilines is 2. The highest BCUT2D eigenvalue weighted by Gasteiger charge is 2.20. The maximum absolute atomic E-state index is 13.6. The second-order valence-electron chi connectivity index (χ2n) is 4.03. The van der Waals surface area contributed by atoms with E-state index in [1.165, 1.54) is 12.1 Å². The summed E-state index contributed by atoms with van der Waals surface area (Å²) in [5, 5.41) is -0.374. The highest BCUT2D eigenvalue weighted by molar-refractivity contribution is 7.92. The van der Waals surface area contributed by atoms with E-state index in [1.54, 1.807) is 0 Å². The number of hydrogen-bond acceptors (Lipinski definition) is 3. The smallest absolute Gasteiger partial charge is 0.262 e. The molecule has 2 aromatic rings. The molecule has 0 fully saturated rings. The van der Waals surface area contributed by atoms with Crippen molar-refractivity contribution in [1.29, 1.82) is 0 Å². The fourth-order valence-electron chi connectivity index (χ4n) is 1.51. The molecular formula is C12H8Cl2F2N2O2S. The lowest BCUT2D eigenvalue weighted by Crippen LogP contribution is -2.14. The number of nitrogens with one attached hydrogen (secondary N) is 1. The Morgan fingerprint density at radius 1 is 1.05 bits per heavy atom. The molecule has 0 aliphatic rings. The van der Waals surface area contributed by atoms with Gasteiger partial charge < -0.3 is 5.73 Å². The van der Waals surface area contributed by atoms with Gasteiger partial charge in [0.1, 0.15) is 11.5 Å². The third kappa shape index (κ3) is 3.37. The summed E-state index contributed by atoms with van der Waals surface area (Å²) in [6.07, 6.45) is 0. The summed E-state index contributed by atoms with van der Waals surface area (Å²) in [5.74, 6) is -2.05. The molecule has 9 heteroatoms. The van der Waals surface area contributed by atoms with Gasteiger partial charge in [-0.15, -0.1) is 0 Å². The number of rotatable bonds is 3. The summed E-state index contributed by atoms with van der Waals surface area (Å²) in [6.45, 7) is 0. The maximum atomic E-state index is 13.6. The quantitative estimate of drug-likeness (QED) is 0.828. The zero-order valence-electron chi connectivity index (χ0n) is 10.2. The minimum atomic E-state index is -4.15. The molecule has 0 heterocycles. The molecule has 0 aliphatic heterocycles. The van der Waals surface area contributed by atoms with Crippen LogP contribution in [0.5, 0.6) is 0 Å². The van der Waals surface area contributed by atoms with Crippen LogP contribution < -0.4 is 10.5 Å². The first kappa shape index (κ1) is 15.8. The van der Waals surface area contributed by atoms with E-state index in [-0.39, 0.29) is 15.6 Å². The molecule has 0 atom stereocenters. The zero-order valence-corrected chi connectivity index (χ0v) is 12.5. The molecule has 0 radical (unpaired) electrons. The lowest BCUT2D eigenvalue weighted by atomic mass is 10.3. The van der Waals surface area contributed by atoms with E-state index in [2.05, 4.69) is 0 Å². The first-order chi connectivity index (χ1) is 9.70. The largest absolute Gasteiger partial charge is 0.398 e. The second kappa shape index (κ2) is 5.67. The summed E-state index contributed by atoms with van der Waals surface area (Å²) in [5.41, 5.74) is 5.13. The molecule has 4 nitrogen and oxygen atoms in total. The Labute approximate surface area is 129 Å². The van der Waals surface area contributed by atoms with Gasteiger partial charge in [-0.25, -0.2) is 17.2 Å². The van der Waals surface area contributed by atoms with Gasteiger partial charge in [-0.05, 0) is 24.3 Å². The van der Waals surface area contributed by atoms with E-state index >= 15 is 0 Å². The minimum Gasteiger partial charge on any atom is -0.398 e. The number of sulfonamides is 1. The molecular weight excluding hydrogens is 345 g/mol.